The third-order valence-electron chi connectivity index (χ3n) is 6.49. The van der Waals surface area contributed by atoms with Gasteiger partial charge in [0.05, 0.1) is 12.1 Å². The Morgan fingerprint density at radius 3 is 2.62 bits per heavy atom. The first-order valence-corrected chi connectivity index (χ1v) is 12.4. The smallest absolute Gasteiger partial charge is 0.316 e. The Balaban J connectivity index is 1.45. The van der Waals surface area contributed by atoms with Gasteiger partial charge in [0.25, 0.3) is 0 Å². The maximum absolute atomic E-state index is 12.4. The van der Waals surface area contributed by atoms with Crippen molar-refractivity contribution < 1.29 is 18.7 Å². The first kappa shape index (κ1) is 24.5. The van der Waals surface area contributed by atoms with Crippen LogP contribution in [0.1, 0.15) is 63.1 Å². The number of carbonyl (C=O) groups excluding carboxylic acids is 1. The van der Waals surface area contributed by atoms with Gasteiger partial charge < -0.3 is 9.47 Å². The van der Waals surface area contributed by atoms with Gasteiger partial charge in [-0.25, -0.2) is 0 Å². The van der Waals surface area contributed by atoms with Crippen LogP contribution >= 0.6 is 0 Å². The van der Waals surface area contributed by atoms with E-state index in [0.717, 1.165) is 56.6 Å². The number of rotatable bonds is 7. The van der Waals surface area contributed by atoms with Crippen molar-refractivity contribution in [2.75, 3.05) is 26.3 Å². The van der Waals surface area contributed by atoms with Crippen LogP contribution in [0.4, 0.5) is 4.39 Å². The zero-order chi connectivity index (χ0) is 24.1. The molecule has 2 aliphatic rings. The number of nitrogens with zero attached hydrogens (tertiary/aromatic N) is 1. The topological polar surface area (TPSA) is 38.8 Å². The van der Waals surface area contributed by atoms with Crippen molar-refractivity contribution in [3.05, 3.63) is 65.2 Å². The molecule has 1 aliphatic carbocycles. The van der Waals surface area contributed by atoms with Gasteiger partial charge in [0.2, 0.25) is 0 Å². The molecule has 0 amide bonds. The number of ether oxygens (including phenoxy) is 2. The first-order chi connectivity index (χ1) is 16.3. The standard InChI is InChI=1S/C29H36FNO3/c1-29(2,3)28(32)34-24-13-14-27-22(19-24)7-4-5-8-26(27)21-9-11-23(12-10-21)33-25-15-18-31(20-25)17-6-16-30/h8-14,19,25H,4-7,15-18,20H2,1-3H3/t25-/m0/s1. The Hall–Kier alpha value is -2.66. The minimum absolute atomic E-state index is 0.164. The summed E-state index contributed by atoms with van der Waals surface area (Å²) >= 11 is 0. The van der Waals surface area contributed by atoms with E-state index in [1.54, 1.807) is 0 Å². The lowest BCUT2D eigenvalue weighted by molar-refractivity contribution is -0.143. The van der Waals surface area contributed by atoms with Crippen molar-refractivity contribution in [1.29, 1.82) is 0 Å². The van der Waals surface area contributed by atoms with Crippen molar-refractivity contribution in [2.45, 2.75) is 59.0 Å². The van der Waals surface area contributed by atoms with E-state index in [4.69, 9.17) is 9.47 Å². The summed E-state index contributed by atoms with van der Waals surface area (Å²) in [4.78, 5) is 14.6. The molecule has 1 heterocycles. The summed E-state index contributed by atoms with van der Waals surface area (Å²) in [6.07, 6.45) is 7.08. The lowest BCUT2D eigenvalue weighted by Gasteiger charge is -2.18. The van der Waals surface area contributed by atoms with Crippen LogP contribution in [0.5, 0.6) is 11.5 Å². The van der Waals surface area contributed by atoms with E-state index in [0.29, 0.717) is 12.2 Å². The van der Waals surface area contributed by atoms with E-state index < -0.39 is 5.41 Å². The Labute approximate surface area is 202 Å². The summed E-state index contributed by atoms with van der Waals surface area (Å²) in [6, 6.07) is 14.3. The van der Waals surface area contributed by atoms with Crippen LogP contribution in [0.2, 0.25) is 0 Å². The molecule has 2 aromatic carbocycles. The maximum atomic E-state index is 12.4. The van der Waals surface area contributed by atoms with Crippen LogP contribution in [0, 0.1) is 5.41 Å². The number of alkyl halides is 1. The second-order valence-electron chi connectivity index (χ2n) is 10.4. The number of aryl methyl sites for hydroxylation is 1. The minimum atomic E-state index is -0.535. The van der Waals surface area contributed by atoms with E-state index in [2.05, 4.69) is 29.2 Å². The van der Waals surface area contributed by atoms with Crippen molar-refractivity contribution in [3.63, 3.8) is 0 Å². The van der Waals surface area contributed by atoms with Gasteiger partial charge in [-0.15, -0.1) is 0 Å². The van der Waals surface area contributed by atoms with Gasteiger partial charge >= 0.3 is 5.97 Å². The summed E-state index contributed by atoms with van der Waals surface area (Å²) in [5.41, 5.74) is 4.24. The average Bonchev–Trinajstić information content (AvgIpc) is 3.14. The average molecular weight is 466 g/mol. The summed E-state index contributed by atoms with van der Waals surface area (Å²) in [5.74, 6) is 1.26. The van der Waals surface area contributed by atoms with Gasteiger partial charge in [-0.05, 0) is 99.4 Å². The third-order valence-corrected chi connectivity index (χ3v) is 6.49. The molecule has 1 aliphatic heterocycles. The molecule has 0 unspecified atom stereocenters. The zero-order valence-corrected chi connectivity index (χ0v) is 20.6. The van der Waals surface area contributed by atoms with Crippen LogP contribution in [0.15, 0.2) is 48.5 Å². The fourth-order valence-electron chi connectivity index (χ4n) is 4.57. The van der Waals surface area contributed by atoms with Crippen molar-refractivity contribution in [1.82, 2.24) is 4.90 Å². The lowest BCUT2D eigenvalue weighted by atomic mass is 9.93. The summed E-state index contributed by atoms with van der Waals surface area (Å²) < 4.78 is 24.3. The van der Waals surface area contributed by atoms with E-state index in [1.807, 2.05) is 45.0 Å². The van der Waals surface area contributed by atoms with Gasteiger partial charge in [0, 0.05) is 19.6 Å². The predicted octanol–water partition coefficient (Wildman–Crippen LogP) is 6.22. The molecule has 2 aromatic rings. The molecule has 0 radical (unpaired) electrons. The van der Waals surface area contributed by atoms with E-state index in [-0.39, 0.29) is 18.7 Å². The molecule has 34 heavy (non-hydrogen) atoms. The monoisotopic (exact) mass is 465 g/mol. The predicted molar refractivity (Wildman–Crippen MR) is 134 cm³/mol. The van der Waals surface area contributed by atoms with Crippen molar-refractivity contribution in [3.8, 4) is 11.5 Å². The summed E-state index contributed by atoms with van der Waals surface area (Å²) in [6.45, 7) is 7.97. The lowest BCUT2D eigenvalue weighted by Crippen LogP contribution is -2.26. The SMILES string of the molecule is CC(C)(C)C(=O)Oc1ccc2c(c1)CCCC=C2c1ccc(O[C@H]2CCN(CCCF)C2)cc1. The Morgan fingerprint density at radius 2 is 1.88 bits per heavy atom. The molecule has 1 fully saturated rings. The molecule has 1 atom stereocenters. The third kappa shape index (κ3) is 6.06. The van der Waals surface area contributed by atoms with Gasteiger partial charge in [-0.1, -0.05) is 24.3 Å². The molecule has 0 N–H and O–H groups in total. The van der Waals surface area contributed by atoms with Crippen molar-refractivity contribution >= 4 is 11.5 Å². The van der Waals surface area contributed by atoms with E-state index in [1.165, 1.54) is 16.7 Å². The van der Waals surface area contributed by atoms with Gasteiger partial charge in [0.15, 0.2) is 0 Å². The molecule has 4 nitrogen and oxygen atoms in total. The number of halogens is 1. The highest BCUT2D eigenvalue weighted by atomic mass is 19.1. The van der Waals surface area contributed by atoms with Gasteiger partial charge in [0.1, 0.15) is 17.6 Å². The molecule has 182 valence electrons. The van der Waals surface area contributed by atoms with E-state index in [9.17, 15) is 9.18 Å². The Bertz CT molecular complexity index is 1020. The van der Waals surface area contributed by atoms with Crippen LogP contribution < -0.4 is 9.47 Å². The number of benzene rings is 2. The molecule has 1 saturated heterocycles. The largest absolute Gasteiger partial charge is 0.489 e. The quantitative estimate of drug-likeness (QED) is 0.359. The molecule has 5 heteroatoms. The normalized spacial score (nSPS) is 18.7. The molecular formula is C29H36FNO3. The molecule has 0 spiro atoms. The number of likely N-dealkylation sites (tertiary alicyclic amines) is 1. The fourth-order valence-corrected chi connectivity index (χ4v) is 4.57. The van der Waals surface area contributed by atoms with Gasteiger partial charge in [-0.3, -0.25) is 14.1 Å². The Morgan fingerprint density at radius 1 is 1.12 bits per heavy atom. The molecule has 0 saturated carbocycles. The number of hydrogen-bond donors (Lipinski definition) is 0. The summed E-state index contributed by atoms with van der Waals surface area (Å²) in [7, 11) is 0. The van der Waals surface area contributed by atoms with Gasteiger partial charge in [-0.2, -0.15) is 0 Å². The zero-order valence-electron chi connectivity index (χ0n) is 20.6. The van der Waals surface area contributed by atoms with Crippen LogP contribution in [0.3, 0.4) is 0 Å². The number of fused-ring (bicyclic) bond motifs is 1. The van der Waals surface area contributed by atoms with Crippen molar-refractivity contribution in [2.24, 2.45) is 5.41 Å². The second kappa shape index (κ2) is 10.7. The van der Waals surface area contributed by atoms with Crippen LogP contribution in [-0.2, 0) is 11.2 Å². The highest BCUT2D eigenvalue weighted by molar-refractivity contribution is 5.83. The highest BCUT2D eigenvalue weighted by Gasteiger charge is 2.25. The highest BCUT2D eigenvalue weighted by Crippen LogP contribution is 2.34. The maximum Gasteiger partial charge on any atom is 0.316 e. The number of esters is 1. The van der Waals surface area contributed by atoms with Crippen LogP contribution in [-0.4, -0.2) is 43.3 Å². The Kier molecular flexibility index (Phi) is 7.72. The van der Waals surface area contributed by atoms with E-state index >= 15 is 0 Å². The number of allylic oxidation sites excluding steroid dienone is 1. The second-order valence-corrected chi connectivity index (χ2v) is 10.4. The number of hydrogen-bond acceptors (Lipinski definition) is 4. The van der Waals surface area contributed by atoms with Crippen LogP contribution in [0.25, 0.3) is 5.57 Å². The molecule has 4 rings (SSSR count). The molecule has 0 bridgehead atoms. The minimum Gasteiger partial charge on any atom is -0.489 e. The molecular weight excluding hydrogens is 429 g/mol. The summed E-state index contributed by atoms with van der Waals surface area (Å²) in [5, 5.41) is 0. The number of carbonyl (C=O) groups is 1. The fraction of sp³-hybridized carbons (Fsp3) is 0.483. The molecule has 0 aromatic heterocycles. The first-order valence-electron chi connectivity index (χ1n) is 12.4.